The second kappa shape index (κ2) is 7.04. The fourth-order valence-electron chi connectivity index (χ4n) is 2.15. The predicted octanol–water partition coefficient (Wildman–Crippen LogP) is 5.11. The number of azo groups is 1. The third kappa shape index (κ3) is 3.28. The van der Waals surface area contributed by atoms with Crippen LogP contribution in [0.25, 0.3) is 5.69 Å². The zero-order chi connectivity index (χ0) is 17.1. The van der Waals surface area contributed by atoms with Crippen LogP contribution in [0.2, 0.25) is 5.02 Å². The van der Waals surface area contributed by atoms with Gasteiger partial charge < -0.3 is 4.55 Å². The number of nitrogens with one attached hydrogen (secondary N) is 1. The first-order valence-electron chi connectivity index (χ1n) is 7.00. The number of hydrogen-bond donors (Lipinski definition) is 2. The lowest BCUT2D eigenvalue weighted by Crippen LogP contribution is -2.14. The summed E-state index contributed by atoms with van der Waals surface area (Å²) in [6.07, 6.45) is 0. The Balaban J connectivity index is 2.04. The highest BCUT2D eigenvalue weighted by Gasteiger charge is 2.15. The zero-order valence-electron chi connectivity index (χ0n) is 12.6. The molecule has 0 aliphatic heterocycles. The Labute approximate surface area is 147 Å². The predicted molar refractivity (Wildman–Crippen MR) is 95.2 cm³/mol. The van der Waals surface area contributed by atoms with E-state index in [1.54, 1.807) is 37.3 Å². The molecule has 122 valence electrons. The van der Waals surface area contributed by atoms with Crippen LogP contribution in [0, 0.1) is 6.92 Å². The van der Waals surface area contributed by atoms with Gasteiger partial charge in [0.05, 0.1) is 22.1 Å². The van der Waals surface area contributed by atoms with Crippen molar-refractivity contribution in [3.63, 3.8) is 0 Å². The highest BCUT2D eigenvalue weighted by atomic mass is 35.5. The molecule has 0 amide bonds. The van der Waals surface area contributed by atoms with Crippen molar-refractivity contribution in [3.8, 4) is 5.69 Å². The van der Waals surface area contributed by atoms with Crippen LogP contribution in [-0.2, 0) is 0 Å². The van der Waals surface area contributed by atoms with E-state index in [0.29, 0.717) is 39.0 Å². The lowest BCUT2D eigenvalue weighted by atomic mass is 10.3. The topological polar surface area (TPSA) is 82.7 Å². The Morgan fingerprint density at radius 1 is 1.17 bits per heavy atom. The van der Waals surface area contributed by atoms with Gasteiger partial charge in [0.15, 0.2) is 5.69 Å². The monoisotopic (exact) mass is 360 g/mol. The fourth-order valence-corrected chi connectivity index (χ4v) is 2.64. The first-order chi connectivity index (χ1) is 11.6. The van der Waals surface area contributed by atoms with Gasteiger partial charge in [0.1, 0.15) is 0 Å². The second-order valence-electron chi connectivity index (χ2n) is 4.97. The van der Waals surface area contributed by atoms with E-state index in [4.69, 9.17) is 11.6 Å². The van der Waals surface area contributed by atoms with Crippen LogP contribution >= 0.6 is 23.6 Å². The molecule has 1 heterocycles. The summed E-state index contributed by atoms with van der Waals surface area (Å²) in [6, 6.07) is 14.0. The van der Waals surface area contributed by atoms with Crippen LogP contribution in [0.1, 0.15) is 5.69 Å². The molecule has 0 aliphatic rings. The molecule has 0 atom stereocenters. The summed E-state index contributed by atoms with van der Waals surface area (Å²) in [5.41, 5.74) is 1.50. The van der Waals surface area contributed by atoms with Gasteiger partial charge in [0.25, 0.3) is 5.56 Å². The van der Waals surface area contributed by atoms with Gasteiger partial charge in [0.2, 0.25) is 0 Å². The molecule has 0 saturated carbocycles. The number of halogens is 1. The van der Waals surface area contributed by atoms with Crippen molar-refractivity contribution in [1.82, 2.24) is 9.78 Å². The van der Waals surface area contributed by atoms with E-state index in [9.17, 15) is 9.35 Å². The molecule has 0 saturated heterocycles. The molecule has 8 heteroatoms. The third-order valence-electron chi connectivity index (χ3n) is 3.33. The van der Waals surface area contributed by atoms with Crippen molar-refractivity contribution in [3.05, 3.63) is 69.6 Å². The molecule has 0 fully saturated rings. The minimum atomic E-state index is -0.367. The SMILES string of the molecule is Cc1[nH]n(-c2cc(SO)ccc2Cl)c(=O)c1N=Nc1ccccc1. The largest absolute Gasteiger partial charge is 0.325 e. The molecular formula is C16H13ClN4O2S. The lowest BCUT2D eigenvalue weighted by Gasteiger charge is -2.05. The van der Waals surface area contributed by atoms with Crippen molar-refractivity contribution >= 4 is 35.0 Å². The Bertz CT molecular complexity index is 950. The third-order valence-corrected chi connectivity index (χ3v) is 4.11. The Morgan fingerprint density at radius 3 is 2.62 bits per heavy atom. The summed E-state index contributed by atoms with van der Waals surface area (Å²) in [7, 11) is 0. The molecule has 3 aromatic rings. The maximum atomic E-state index is 12.6. The molecule has 6 nitrogen and oxygen atoms in total. The molecule has 2 aromatic carbocycles. The number of nitrogens with zero attached hydrogens (tertiary/aromatic N) is 3. The first kappa shape index (κ1) is 16.5. The highest BCUT2D eigenvalue weighted by molar-refractivity contribution is 7.93. The Hall–Kier alpha value is -2.35. The van der Waals surface area contributed by atoms with Crippen molar-refractivity contribution < 1.29 is 4.55 Å². The summed E-state index contributed by atoms with van der Waals surface area (Å²) < 4.78 is 10.5. The van der Waals surface area contributed by atoms with Crippen LogP contribution < -0.4 is 5.56 Å². The van der Waals surface area contributed by atoms with E-state index in [2.05, 4.69) is 15.3 Å². The minimum Gasteiger partial charge on any atom is -0.325 e. The van der Waals surface area contributed by atoms with Crippen LogP contribution in [0.4, 0.5) is 11.4 Å². The summed E-state index contributed by atoms with van der Waals surface area (Å²) in [4.78, 5) is 13.2. The highest BCUT2D eigenvalue weighted by Crippen LogP contribution is 2.26. The average molecular weight is 361 g/mol. The van der Waals surface area contributed by atoms with Crippen LogP contribution in [0.3, 0.4) is 0 Å². The van der Waals surface area contributed by atoms with Gasteiger partial charge in [-0.25, -0.2) is 4.68 Å². The van der Waals surface area contributed by atoms with E-state index >= 15 is 0 Å². The smallest absolute Gasteiger partial charge is 0.299 e. The summed E-state index contributed by atoms with van der Waals surface area (Å²) in [5.74, 6) is 0. The van der Waals surface area contributed by atoms with E-state index < -0.39 is 0 Å². The number of aromatic amines is 1. The maximum Gasteiger partial charge on any atom is 0.299 e. The number of aromatic nitrogens is 2. The quantitative estimate of drug-likeness (QED) is 0.501. The van der Waals surface area contributed by atoms with Crippen LogP contribution in [0.5, 0.6) is 0 Å². The van der Waals surface area contributed by atoms with Crippen molar-refractivity contribution in [2.45, 2.75) is 11.8 Å². The molecule has 3 rings (SSSR count). The number of aryl methyl sites for hydroxylation is 1. The van der Waals surface area contributed by atoms with Gasteiger partial charge in [-0.2, -0.15) is 5.11 Å². The van der Waals surface area contributed by atoms with Crippen LogP contribution in [-0.4, -0.2) is 14.3 Å². The Morgan fingerprint density at radius 2 is 1.92 bits per heavy atom. The van der Waals surface area contributed by atoms with Gasteiger partial charge in [-0.05, 0) is 37.3 Å². The van der Waals surface area contributed by atoms with Crippen molar-refractivity contribution in [2.24, 2.45) is 10.2 Å². The van der Waals surface area contributed by atoms with Crippen LogP contribution in [0.15, 0.2) is 68.4 Å². The minimum absolute atomic E-state index is 0.206. The van der Waals surface area contributed by atoms with E-state index in [-0.39, 0.29) is 11.2 Å². The van der Waals surface area contributed by atoms with Gasteiger partial charge in [-0.1, -0.05) is 29.8 Å². The zero-order valence-corrected chi connectivity index (χ0v) is 14.2. The van der Waals surface area contributed by atoms with Gasteiger partial charge in [-0.15, -0.1) is 5.11 Å². The second-order valence-corrected chi connectivity index (χ2v) is 6.03. The van der Waals surface area contributed by atoms with E-state index in [1.807, 2.05) is 18.2 Å². The standard InChI is InChI=1S/C16H13ClN4O2S/c1-10-15(19-18-11-5-3-2-4-6-11)16(22)21(20-10)14-9-12(24-23)7-8-13(14)17/h2-9,20,23H,1H3. The van der Waals surface area contributed by atoms with Crippen molar-refractivity contribution in [1.29, 1.82) is 0 Å². The molecule has 0 bridgehead atoms. The van der Waals surface area contributed by atoms with Gasteiger partial charge in [0, 0.05) is 16.9 Å². The molecule has 0 unspecified atom stereocenters. The Kier molecular flexibility index (Phi) is 4.84. The number of rotatable bonds is 4. The van der Waals surface area contributed by atoms with Gasteiger partial charge >= 0.3 is 0 Å². The molecule has 0 aliphatic carbocycles. The first-order valence-corrected chi connectivity index (χ1v) is 8.15. The fraction of sp³-hybridized carbons (Fsp3) is 0.0625. The lowest BCUT2D eigenvalue weighted by molar-refractivity contribution is 0.663. The average Bonchev–Trinajstić information content (AvgIpc) is 2.88. The normalized spacial score (nSPS) is 11.3. The van der Waals surface area contributed by atoms with Gasteiger partial charge in [-0.3, -0.25) is 9.89 Å². The van der Waals surface area contributed by atoms with Crippen molar-refractivity contribution in [2.75, 3.05) is 0 Å². The molecule has 0 spiro atoms. The molecule has 1 aromatic heterocycles. The summed E-state index contributed by atoms with van der Waals surface area (Å²) in [5, 5.41) is 11.4. The number of hydrogen-bond acceptors (Lipinski definition) is 5. The summed E-state index contributed by atoms with van der Waals surface area (Å²) in [6.45, 7) is 1.73. The molecule has 2 N–H and O–H groups in total. The number of H-pyrrole nitrogens is 1. The molecule has 0 radical (unpaired) electrons. The number of benzene rings is 2. The molecular weight excluding hydrogens is 348 g/mol. The maximum absolute atomic E-state index is 12.6. The van der Waals surface area contributed by atoms with E-state index in [1.165, 1.54) is 4.68 Å². The molecule has 24 heavy (non-hydrogen) atoms. The summed E-state index contributed by atoms with van der Waals surface area (Å²) >= 11 is 6.75. The van der Waals surface area contributed by atoms with E-state index in [0.717, 1.165) is 0 Å².